The molecule has 0 aromatic heterocycles. The number of carbonyl (C=O) groups is 2. The number of rotatable bonds is 14. The summed E-state index contributed by atoms with van der Waals surface area (Å²) in [6, 6.07) is 20.7. The number of benzene rings is 3. The minimum Gasteiger partial charge on any atom is -0.492 e. The van der Waals surface area contributed by atoms with Gasteiger partial charge in [-0.15, -0.1) is 0 Å². The highest BCUT2D eigenvalue weighted by Crippen LogP contribution is 2.31. The van der Waals surface area contributed by atoms with Crippen molar-refractivity contribution >= 4 is 56.5 Å². The van der Waals surface area contributed by atoms with Crippen molar-refractivity contribution in [3.05, 3.63) is 82.8 Å². The van der Waals surface area contributed by atoms with Gasteiger partial charge in [-0.25, -0.2) is 18.0 Å². The number of nitrogens with zero attached hydrogens (tertiary/aromatic N) is 2. The number of sulfonamides is 1. The third kappa shape index (κ3) is 11.2. The molecule has 2 atom stereocenters. The molecule has 3 aromatic rings. The summed E-state index contributed by atoms with van der Waals surface area (Å²) in [5.74, 6) is -2.82. The second kappa shape index (κ2) is 16.9. The first-order chi connectivity index (χ1) is 20.2. The number of aliphatic carboxylic acids is 2. The molecule has 5 N–H and O–H groups in total. The first-order valence-corrected chi connectivity index (χ1v) is 14.9. The first kappa shape index (κ1) is 35.6. The molecular formula is C28H33Cl2N3O9S. The van der Waals surface area contributed by atoms with Crippen LogP contribution in [0.4, 0.5) is 11.4 Å². The Morgan fingerprint density at radius 1 is 0.837 bits per heavy atom. The molecule has 0 fully saturated rings. The number of nitrogens with one attached hydrogen (secondary N) is 1. The quantitative estimate of drug-likeness (QED) is 0.161. The summed E-state index contributed by atoms with van der Waals surface area (Å²) in [5, 5.41) is 37.0. The maximum Gasteiger partial charge on any atom is 0.335 e. The molecule has 0 aliphatic heterocycles. The summed E-state index contributed by atoms with van der Waals surface area (Å²) in [4.78, 5) is 21.7. The molecule has 2 unspecified atom stereocenters. The van der Waals surface area contributed by atoms with Crippen molar-refractivity contribution < 1.29 is 43.2 Å². The maximum atomic E-state index is 13.6. The van der Waals surface area contributed by atoms with E-state index in [1.54, 1.807) is 42.5 Å². The van der Waals surface area contributed by atoms with Crippen LogP contribution in [-0.2, 0) is 19.6 Å². The molecule has 234 valence electrons. The highest BCUT2D eigenvalue weighted by Gasteiger charge is 2.29. The van der Waals surface area contributed by atoms with E-state index in [-0.39, 0.29) is 11.4 Å². The molecule has 0 saturated heterocycles. The highest BCUT2D eigenvalue weighted by molar-refractivity contribution is 7.92. The molecular weight excluding hydrogens is 625 g/mol. The summed E-state index contributed by atoms with van der Waals surface area (Å²) in [5.41, 5.74) is 1.27. The number of carboxylic acid groups (broad SMARTS) is 2. The SMILES string of the molecule is CN(C)CCN(c1ccccc1NCCOc1ccc(Cl)cc1)S(=O)(=O)c1ccc(Cl)cc1.O=C(O)C(O)C(O)C(=O)O. The fourth-order valence-electron chi connectivity index (χ4n) is 3.39. The van der Waals surface area contributed by atoms with Crippen LogP contribution in [0, 0.1) is 0 Å². The van der Waals surface area contributed by atoms with Gasteiger partial charge >= 0.3 is 11.9 Å². The van der Waals surface area contributed by atoms with Crippen molar-refractivity contribution in [2.75, 3.05) is 50.0 Å². The fourth-order valence-corrected chi connectivity index (χ4v) is 5.12. The summed E-state index contributed by atoms with van der Waals surface area (Å²) >= 11 is 11.9. The highest BCUT2D eigenvalue weighted by atomic mass is 35.5. The monoisotopic (exact) mass is 657 g/mol. The van der Waals surface area contributed by atoms with E-state index in [1.165, 1.54) is 16.4 Å². The van der Waals surface area contributed by atoms with Gasteiger partial charge in [-0.05, 0) is 74.8 Å². The number of likely N-dealkylation sites (N-methyl/N-ethyl adjacent to an activating group) is 1. The van der Waals surface area contributed by atoms with Gasteiger partial charge in [0.1, 0.15) is 12.4 Å². The lowest BCUT2D eigenvalue weighted by molar-refractivity contribution is -0.165. The first-order valence-electron chi connectivity index (χ1n) is 12.7. The van der Waals surface area contributed by atoms with E-state index in [1.807, 2.05) is 37.2 Å². The number of ether oxygens (including phenoxy) is 1. The van der Waals surface area contributed by atoms with Gasteiger partial charge < -0.3 is 35.4 Å². The Labute approximate surface area is 259 Å². The second-order valence-electron chi connectivity index (χ2n) is 9.15. The Hall–Kier alpha value is -3.59. The Balaban J connectivity index is 0.000000553. The number of carboxylic acids is 2. The van der Waals surface area contributed by atoms with Crippen LogP contribution in [0.1, 0.15) is 0 Å². The standard InChI is InChI=1S/C24H27Cl2N3O3S.C4H6O6/c1-28(2)16-17-29(33(30,31)22-13-9-20(26)10-14-22)24-6-4-3-5-23(24)27-15-18-32-21-11-7-19(25)8-12-21;5-1(3(7)8)2(6)4(9)10/h3-14,27H,15-18H2,1-2H3;1-2,5-6H,(H,7,8)(H,9,10). The minimum absolute atomic E-state index is 0.187. The Bertz CT molecular complexity index is 1420. The molecule has 0 heterocycles. The largest absolute Gasteiger partial charge is 0.492 e. The normalized spacial score (nSPS) is 12.4. The van der Waals surface area contributed by atoms with Crippen molar-refractivity contribution in [1.29, 1.82) is 0 Å². The molecule has 0 aliphatic rings. The Morgan fingerprint density at radius 2 is 1.35 bits per heavy atom. The van der Waals surface area contributed by atoms with Crippen LogP contribution >= 0.6 is 23.2 Å². The molecule has 0 spiro atoms. The van der Waals surface area contributed by atoms with Gasteiger partial charge in [0.2, 0.25) is 0 Å². The molecule has 3 aromatic carbocycles. The summed E-state index contributed by atoms with van der Waals surface area (Å²) in [6.07, 6.45) is -4.53. The number of hydrogen-bond acceptors (Lipinski definition) is 9. The minimum atomic E-state index is -3.80. The molecule has 3 rings (SSSR count). The molecule has 0 aliphatic carbocycles. The third-order valence-corrected chi connectivity index (χ3v) is 7.96. The molecule has 0 radical (unpaired) electrons. The van der Waals surface area contributed by atoms with Gasteiger partial charge in [0.15, 0.2) is 12.2 Å². The lowest BCUT2D eigenvalue weighted by Gasteiger charge is -2.28. The number of hydrogen-bond donors (Lipinski definition) is 5. The fraction of sp³-hybridized carbons (Fsp3) is 0.286. The zero-order chi connectivity index (χ0) is 32.2. The third-order valence-electron chi connectivity index (χ3n) is 5.63. The van der Waals surface area contributed by atoms with E-state index in [2.05, 4.69) is 5.32 Å². The number of aliphatic hydroxyl groups excluding tert-OH is 2. The lowest BCUT2D eigenvalue weighted by atomic mass is 10.2. The van der Waals surface area contributed by atoms with Gasteiger partial charge in [0.05, 0.1) is 16.3 Å². The van der Waals surface area contributed by atoms with Crippen LogP contribution in [0.25, 0.3) is 0 Å². The van der Waals surface area contributed by atoms with Gasteiger partial charge in [-0.2, -0.15) is 0 Å². The molecule has 12 nitrogen and oxygen atoms in total. The van der Waals surface area contributed by atoms with Crippen molar-refractivity contribution in [2.45, 2.75) is 17.1 Å². The molecule has 15 heteroatoms. The molecule has 0 amide bonds. The second-order valence-corrected chi connectivity index (χ2v) is 11.9. The zero-order valence-corrected chi connectivity index (χ0v) is 25.6. The van der Waals surface area contributed by atoms with Gasteiger partial charge in [-0.1, -0.05) is 35.3 Å². The molecule has 43 heavy (non-hydrogen) atoms. The van der Waals surface area contributed by atoms with E-state index in [0.29, 0.717) is 46.9 Å². The van der Waals surface area contributed by atoms with Crippen molar-refractivity contribution in [2.24, 2.45) is 0 Å². The maximum absolute atomic E-state index is 13.6. The van der Waals surface area contributed by atoms with Crippen LogP contribution in [0.3, 0.4) is 0 Å². The van der Waals surface area contributed by atoms with Crippen LogP contribution in [0.2, 0.25) is 10.0 Å². The van der Waals surface area contributed by atoms with Crippen LogP contribution < -0.4 is 14.4 Å². The van der Waals surface area contributed by atoms with Crippen LogP contribution in [-0.4, -0.2) is 98.2 Å². The topological polar surface area (TPSA) is 177 Å². The summed E-state index contributed by atoms with van der Waals surface area (Å²) < 4.78 is 34.3. The van der Waals surface area contributed by atoms with Gasteiger partial charge in [0.25, 0.3) is 10.0 Å². The number of anilines is 2. The van der Waals surface area contributed by atoms with Crippen LogP contribution in [0.15, 0.2) is 77.7 Å². The summed E-state index contributed by atoms with van der Waals surface area (Å²) in [6.45, 7) is 1.73. The van der Waals surface area contributed by atoms with Gasteiger partial charge in [0, 0.05) is 29.7 Å². The zero-order valence-electron chi connectivity index (χ0n) is 23.3. The van der Waals surface area contributed by atoms with E-state index in [4.69, 9.17) is 48.4 Å². The van der Waals surface area contributed by atoms with E-state index >= 15 is 0 Å². The summed E-state index contributed by atoms with van der Waals surface area (Å²) in [7, 11) is 0.0137. The number of para-hydroxylation sites is 2. The average Bonchev–Trinajstić information content (AvgIpc) is 2.96. The Kier molecular flexibility index (Phi) is 14.0. The molecule has 0 bridgehead atoms. The predicted molar refractivity (Wildman–Crippen MR) is 164 cm³/mol. The molecule has 0 saturated carbocycles. The smallest absolute Gasteiger partial charge is 0.335 e. The van der Waals surface area contributed by atoms with E-state index in [0.717, 1.165) is 0 Å². The number of aliphatic hydroxyl groups is 2. The Morgan fingerprint density at radius 3 is 1.86 bits per heavy atom. The van der Waals surface area contributed by atoms with Crippen molar-refractivity contribution in [3.63, 3.8) is 0 Å². The number of halogens is 2. The van der Waals surface area contributed by atoms with Crippen molar-refractivity contribution in [3.8, 4) is 5.75 Å². The van der Waals surface area contributed by atoms with Crippen LogP contribution in [0.5, 0.6) is 5.75 Å². The average molecular weight is 659 g/mol. The van der Waals surface area contributed by atoms with E-state index < -0.39 is 34.2 Å². The van der Waals surface area contributed by atoms with Gasteiger partial charge in [-0.3, -0.25) is 4.31 Å². The van der Waals surface area contributed by atoms with Crippen molar-refractivity contribution in [1.82, 2.24) is 4.90 Å². The van der Waals surface area contributed by atoms with E-state index in [9.17, 15) is 18.0 Å². The lowest BCUT2D eigenvalue weighted by Crippen LogP contribution is -2.39. The predicted octanol–water partition coefficient (Wildman–Crippen LogP) is 3.12.